The SMILES string of the molecule is COC(=O)C(CC1CC(=O)N(c2ccccc2)C1=O)C1=NCCNC1=O. The van der Waals surface area contributed by atoms with Crippen molar-refractivity contribution >= 4 is 35.1 Å². The monoisotopic (exact) mass is 357 g/mol. The number of ether oxygens (including phenoxy) is 1. The third kappa shape index (κ3) is 3.35. The molecule has 1 aromatic rings. The molecule has 26 heavy (non-hydrogen) atoms. The van der Waals surface area contributed by atoms with Crippen LogP contribution in [-0.4, -0.2) is 49.6 Å². The number of aliphatic imine (C=N–C) groups is 1. The van der Waals surface area contributed by atoms with Gasteiger partial charge in [-0.15, -0.1) is 0 Å². The van der Waals surface area contributed by atoms with E-state index < -0.39 is 23.7 Å². The summed E-state index contributed by atoms with van der Waals surface area (Å²) in [6.45, 7) is 0.765. The molecule has 0 bridgehead atoms. The van der Waals surface area contributed by atoms with Crippen LogP contribution in [0.3, 0.4) is 0 Å². The number of carbonyl (C=O) groups is 4. The quantitative estimate of drug-likeness (QED) is 0.603. The van der Waals surface area contributed by atoms with Crippen molar-refractivity contribution in [1.29, 1.82) is 0 Å². The van der Waals surface area contributed by atoms with Gasteiger partial charge in [-0.3, -0.25) is 29.1 Å². The number of carbonyl (C=O) groups excluding carboxylic acids is 4. The normalized spacial score (nSPS) is 21.3. The van der Waals surface area contributed by atoms with E-state index in [9.17, 15) is 19.2 Å². The Hall–Kier alpha value is -3.03. The van der Waals surface area contributed by atoms with E-state index in [1.54, 1.807) is 30.3 Å². The van der Waals surface area contributed by atoms with E-state index in [4.69, 9.17) is 4.74 Å². The second-order valence-electron chi connectivity index (χ2n) is 6.14. The minimum absolute atomic E-state index is 0.00678. The Balaban J connectivity index is 1.82. The van der Waals surface area contributed by atoms with E-state index in [1.807, 2.05) is 0 Å². The average molecular weight is 357 g/mol. The predicted molar refractivity (Wildman–Crippen MR) is 92.5 cm³/mol. The number of nitrogens with one attached hydrogen (secondary N) is 1. The van der Waals surface area contributed by atoms with E-state index in [0.29, 0.717) is 18.8 Å². The maximum atomic E-state index is 12.7. The largest absolute Gasteiger partial charge is 0.469 e. The summed E-state index contributed by atoms with van der Waals surface area (Å²) in [7, 11) is 1.22. The third-order valence-electron chi connectivity index (χ3n) is 4.50. The van der Waals surface area contributed by atoms with Gasteiger partial charge >= 0.3 is 5.97 Å². The van der Waals surface area contributed by atoms with Crippen molar-refractivity contribution < 1.29 is 23.9 Å². The Morgan fingerprint density at radius 1 is 1.31 bits per heavy atom. The number of benzene rings is 1. The van der Waals surface area contributed by atoms with Crippen LogP contribution in [0.15, 0.2) is 35.3 Å². The number of esters is 1. The minimum Gasteiger partial charge on any atom is -0.469 e. The summed E-state index contributed by atoms with van der Waals surface area (Å²) >= 11 is 0. The molecule has 8 heteroatoms. The van der Waals surface area contributed by atoms with Crippen molar-refractivity contribution in [3.63, 3.8) is 0 Å². The van der Waals surface area contributed by atoms with Crippen LogP contribution in [0.1, 0.15) is 12.8 Å². The van der Waals surface area contributed by atoms with Gasteiger partial charge in [-0.2, -0.15) is 0 Å². The Morgan fingerprint density at radius 2 is 2.04 bits per heavy atom. The van der Waals surface area contributed by atoms with Gasteiger partial charge < -0.3 is 10.1 Å². The highest BCUT2D eigenvalue weighted by Crippen LogP contribution is 2.31. The number of anilines is 1. The van der Waals surface area contributed by atoms with Crippen LogP contribution in [0.2, 0.25) is 0 Å². The molecule has 2 aliphatic rings. The van der Waals surface area contributed by atoms with Crippen LogP contribution in [0.25, 0.3) is 0 Å². The Labute approximate surface area is 150 Å². The number of methoxy groups -OCH3 is 1. The summed E-state index contributed by atoms with van der Waals surface area (Å²) in [6, 6.07) is 8.62. The molecule has 0 spiro atoms. The van der Waals surface area contributed by atoms with E-state index >= 15 is 0 Å². The standard InChI is InChI=1S/C18H19N3O5/c1-26-18(25)13(15-16(23)20-8-7-19-15)9-11-10-14(22)21(17(11)24)12-5-3-2-4-6-12/h2-6,11,13H,7-10H2,1H3,(H,20,23). The van der Waals surface area contributed by atoms with Crippen molar-refractivity contribution in [2.24, 2.45) is 16.8 Å². The Kier molecular flexibility index (Phi) is 5.11. The van der Waals surface area contributed by atoms with Gasteiger partial charge in [0.15, 0.2) is 0 Å². The molecule has 0 radical (unpaired) electrons. The lowest BCUT2D eigenvalue weighted by Gasteiger charge is -2.22. The molecule has 1 N–H and O–H groups in total. The molecule has 1 fully saturated rings. The van der Waals surface area contributed by atoms with Gasteiger partial charge in [0.05, 0.1) is 19.3 Å². The van der Waals surface area contributed by atoms with Crippen molar-refractivity contribution in [1.82, 2.24) is 5.32 Å². The number of nitrogens with zero attached hydrogens (tertiary/aromatic N) is 2. The van der Waals surface area contributed by atoms with Crippen LogP contribution in [-0.2, 0) is 23.9 Å². The number of hydrogen-bond donors (Lipinski definition) is 1. The molecule has 8 nitrogen and oxygen atoms in total. The second-order valence-corrected chi connectivity index (χ2v) is 6.14. The number of rotatable bonds is 5. The molecule has 136 valence electrons. The van der Waals surface area contributed by atoms with Crippen LogP contribution >= 0.6 is 0 Å². The molecule has 0 aromatic heterocycles. The van der Waals surface area contributed by atoms with Gasteiger partial charge in [-0.1, -0.05) is 18.2 Å². The molecule has 3 rings (SSSR count). The van der Waals surface area contributed by atoms with Gasteiger partial charge in [0.25, 0.3) is 5.91 Å². The van der Waals surface area contributed by atoms with E-state index in [2.05, 4.69) is 10.3 Å². The summed E-state index contributed by atoms with van der Waals surface area (Å²) in [4.78, 5) is 54.6. The van der Waals surface area contributed by atoms with Crippen LogP contribution in [0, 0.1) is 11.8 Å². The first-order valence-corrected chi connectivity index (χ1v) is 8.35. The second kappa shape index (κ2) is 7.47. The first-order chi connectivity index (χ1) is 12.5. The highest BCUT2D eigenvalue weighted by molar-refractivity contribution is 6.43. The Morgan fingerprint density at radius 3 is 2.69 bits per heavy atom. The van der Waals surface area contributed by atoms with Crippen LogP contribution in [0.5, 0.6) is 0 Å². The smallest absolute Gasteiger partial charge is 0.314 e. The number of imide groups is 1. The van der Waals surface area contributed by atoms with E-state index in [1.165, 1.54) is 7.11 Å². The van der Waals surface area contributed by atoms with Gasteiger partial charge in [0.1, 0.15) is 11.6 Å². The molecular weight excluding hydrogens is 338 g/mol. The zero-order chi connectivity index (χ0) is 18.7. The summed E-state index contributed by atoms with van der Waals surface area (Å²) in [5, 5.41) is 2.63. The third-order valence-corrected chi connectivity index (χ3v) is 4.50. The maximum absolute atomic E-state index is 12.7. The minimum atomic E-state index is -0.974. The lowest BCUT2D eigenvalue weighted by molar-refractivity contribution is -0.144. The van der Waals surface area contributed by atoms with Crippen molar-refractivity contribution in [3.8, 4) is 0 Å². The fourth-order valence-corrected chi connectivity index (χ4v) is 3.25. The fraction of sp³-hybridized carbons (Fsp3) is 0.389. The summed E-state index contributed by atoms with van der Waals surface area (Å²) < 4.78 is 4.79. The number of hydrogen-bond acceptors (Lipinski definition) is 6. The summed E-state index contributed by atoms with van der Waals surface area (Å²) in [5.41, 5.74) is 0.550. The lowest BCUT2D eigenvalue weighted by Crippen LogP contribution is -2.44. The average Bonchev–Trinajstić information content (AvgIpc) is 2.94. The fourth-order valence-electron chi connectivity index (χ4n) is 3.25. The van der Waals surface area contributed by atoms with Gasteiger partial charge in [-0.25, -0.2) is 0 Å². The molecule has 0 saturated carbocycles. The Bertz CT molecular complexity index is 774. The molecule has 1 saturated heterocycles. The molecule has 0 aliphatic carbocycles. The molecule has 2 unspecified atom stereocenters. The molecule has 1 aromatic carbocycles. The topological polar surface area (TPSA) is 105 Å². The highest BCUT2D eigenvalue weighted by Gasteiger charge is 2.43. The van der Waals surface area contributed by atoms with Gasteiger partial charge in [-0.05, 0) is 18.6 Å². The first-order valence-electron chi connectivity index (χ1n) is 8.35. The molecule has 2 aliphatic heterocycles. The van der Waals surface area contributed by atoms with Crippen molar-refractivity contribution in [2.45, 2.75) is 12.8 Å². The molecular formula is C18H19N3O5. The predicted octanol–water partition coefficient (Wildman–Crippen LogP) is 0.316. The van der Waals surface area contributed by atoms with Crippen molar-refractivity contribution in [3.05, 3.63) is 30.3 Å². The van der Waals surface area contributed by atoms with Crippen molar-refractivity contribution in [2.75, 3.05) is 25.1 Å². The number of amides is 3. The zero-order valence-corrected chi connectivity index (χ0v) is 14.3. The highest BCUT2D eigenvalue weighted by atomic mass is 16.5. The van der Waals surface area contributed by atoms with E-state index in [0.717, 1.165) is 4.90 Å². The van der Waals surface area contributed by atoms with Gasteiger partial charge in [0.2, 0.25) is 11.8 Å². The van der Waals surface area contributed by atoms with Crippen LogP contribution < -0.4 is 10.2 Å². The molecule has 2 atom stereocenters. The van der Waals surface area contributed by atoms with E-state index in [-0.39, 0.29) is 30.4 Å². The van der Waals surface area contributed by atoms with Crippen LogP contribution in [0.4, 0.5) is 5.69 Å². The lowest BCUT2D eigenvalue weighted by atomic mass is 9.88. The maximum Gasteiger partial charge on any atom is 0.314 e. The zero-order valence-electron chi connectivity index (χ0n) is 14.3. The molecule has 3 amide bonds. The summed E-state index contributed by atoms with van der Waals surface area (Å²) in [5.74, 6) is -3.47. The first kappa shape index (κ1) is 17.8. The summed E-state index contributed by atoms with van der Waals surface area (Å²) in [6.07, 6.45) is -0.0110. The number of para-hydroxylation sites is 1. The van der Waals surface area contributed by atoms with Gasteiger partial charge in [0, 0.05) is 18.9 Å². The molecule has 2 heterocycles.